The van der Waals surface area contributed by atoms with Crippen LogP contribution in [-0.2, 0) is 4.79 Å². The number of allylic oxidation sites excluding steroid dienone is 1. The zero-order chi connectivity index (χ0) is 8.36. The Morgan fingerprint density at radius 3 is 2.00 bits per heavy atom. The summed E-state index contributed by atoms with van der Waals surface area (Å²) in [5, 5.41) is 7.98. The van der Waals surface area contributed by atoms with Gasteiger partial charge in [-0.2, -0.15) is 13.2 Å². The minimum Gasteiger partial charge on any atom is -0.478 e. The highest BCUT2D eigenvalue weighted by atomic mass is 19.4. The average molecular weight is 154 g/mol. The number of rotatable bonds is 1. The molecule has 2 nitrogen and oxygen atoms in total. The Morgan fingerprint density at radius 1 is 1.50 bits per heavy atom. The second-order valence-electron chi connectivity index (χ2n) is 1.67. The van der Waals surface area contributed by atoms with Crippen molar-refractivity contribution in [1.82, 2.24) is 0 Å². The normalized spacial score (nSPS) is 13.4. The molecule has 0 bridgehead atoms. The summed E-state index contributed by atoms with van der Waals surface area (Å²) in [5.74, 6) is -1.56. The molecule has 0 heterocycles. The van der Waals surface area contributed by atoms with Crippen LogP contribution in [0.4, 0.5) is 13.2 Å². The first-order valence-electron chi connectivity index (χ1n) is 2.32. The molecule has 0 aliphatic rings. The van der Waals surface area contributed by atoms with Gasteiger partial charge in [-0.1, -0.05) is 0 Å². The molecule has 0 aromatic rings. The van der Waals surface area contributed by atoms with E-state index in [-0.39, 0.29) is 6.08 Å². The Balaban J connectivity index is 4.32. The molecule has 5 heteroatoms. The van der Waals surface area contributed by atoms with Gasteiger partial charge in [-0.3, -0.25) is 0 Å². The highest BCUT2D eigenvalue weighted by Crippen LogP contribution is 2.18. The molecule has 10 heavy (non-hydrogen) atoms. The van der Waals surface area contributed by atoms with Gasteiger partial charge in [0.15, 0.2) is 0 Å². The third-order valence-electron chi connectivity index (χ3n) is 0.718. The largest absolute Gasteiger partial charge is 0.478 e. The summed E-state index contributed by atoms with van der Waals surface area (Å²) in [6.45, 7) is 0.885. The Bertz CT molecular complexity index is 168. The highest BCUT2D eigenvalue weighted by molar-refractivity contribution is 5.85. The third kappa shape index (κ3) is 3.94. The Labute approximate surface area is 55.0 Å². The average Bonchev–Trinajstić information content (AvgIpc) is 1.60. The van der Waals surface area contributed by atoms with E-state index < -0.39 is 17.7 Å². The van der Waals surface area contributed by atoms with Crippen molar-refractivity contribution in [3.8, 4) is 0 Å². The fourth-order valence-electron chi connectivity index (χ4n) is 0.307. The fraction of sp³-hybridized carbons (Fsp3) is 0.400. The van der Waals surface area contributed by atoms with Crippen molar-refractivity contribution in [1.29, 1.82) is 0 Å². The third-order valence-corrected chi connectivity index (χ3v) is 0.718. The lowest BCUT2D eigenvalue weighted by atomic mass is 10.3. The number of carboxylic acid groups (broad SMARTS) is 1. The summed E-state index contributed by atoms with van der Waals surface area (Å²) in [6.07, 6.45) is -4.79. The first kappa shape index (κ1) is 9.00. The van der Waals surface area contributed by atoms with Crippen LogP contribution in [0, 0.1) is 0 Å². The monoisotopic (exact) mass is 154 g/mol. The van der Waals surface area contributed by atoms with Gasteiger partial charge >= 0.3 is 12.1 Å². The maximum absolute atomic E-state index is 11.3. The summed E-state index contributed by atoms with van der Waals surface area (Å²) in [5.41, 5.74) is -0.715. The Kier molecular flexibility index (Phi) is 2.45. The molecule has 1 N–H and O–H groups in total. The van der Waals surface area contributed by atoms with E-state index >= 15 is 0 Å². The van der Waals surface area contributed by atoms with Crippen LogP contribution >= 0.6 is 0 Å². The lowest BCUT2D eigenvalue weighted by Crippen LogP contribution is -2.06. The maximum atomic E-state index is 11.3. The first-order valence-corrected chi connectivity index (χ1v) is 2.32. The van der Waals surface area contributed by atoms with Gasteiger partial charge in [0.2, 0.25) is 0 Å². The molecule has 0 fully saturated rings. The second kappa shape index (κ2) is 2.72. The van der Waals surface area contributed by atoms with Gasteiger partial charge in [-0.05, 0) is 6.92 Å². The van der Waals surface area contributed by atoms with Crippen LogP contribution in [0.3, 0.4) is 0 Å². The number of alkyl halides is 3. The molecule has 0 atom stereocenters. The van der Waals surface area contributed by atoms with Gasteiger partial charge in [0.1, 0.15) is 0 Å². The number of carboxylic acids is 1. The van der Waals surface area contributed by atoms with Crippen molar-refractivity contribution < 1.29 is 23.1 Å². The van der Waals surface area contributed by atoms with Crippen molar-refractivity contribution in [2.24, 2.45) is 0 Å². The Morgan fingerprint density at radius 2 is 1.90 bits per heavy atom. The van der Waals surface area contributed by atoms with Crippen molar-refractivity contribution in [2.45, 2.75) is 13.1 Å². The predicted molar refractivity (Wildman–Crippen MR) is 27.4 cm³/mol. The molecular weight excluding hydrogens is 149 g/mol. The van der Waals surface area contributed by atoms with Gasteiger partial charge in [-0.15, -0.1) is 0 Å². The molecule has 0 radical (unpaired) electrons. The smallest absolute Gasteiger partial charge is 0.410 e. The minimum atomic E-state index is -4.54. The maximum Gasteiger partial charge on any atom is 0.410 e. The Hall–Kier alpha value is -1.00. The molecular formula is C5H5F3O2. The van der Waals surface area contributed by atoms with E-state index in [1.165, 1.54) is 0 Å². The summed E-state index contributed by atoms with van der Waals surface area (Å²) < 4.78 is 34.0. The molecule has 0 rings (SSSR count). The quantitative estimate of drug-likeness (QED) is 0.582. The van der Waals surface area contributed by atoms with E-state index in [0.29, 0.717) is 0 Å². The molecule has 0 aromatic carbocycles. The van der Waals surface area contributed by atoms with Gasteiger partial charge in [0.25, 0.3) is 0 Å². The van der Waals surface area contributed by atoms with Crippen LogP contribution < -0.4 is 0 Å². The molecule has 0 aromatic heterocycles. The molecule has 0 amide bonds. The lowest BCUT2D eigenvalue weighted by Gasteiger charge is -1.98. The van der Waals surface area contributed by atoms with E-state index in [9.17, 15) is 18.0 Å². The lowest BCUT2D eigenvalue weighted by molar-refractivity contribution is -0.133. The van der Waals surface area contributed by atoms with Crippen molar-refractivity contribution in [3.05, 3.63) is 11.6 Å². The fourth-order valence-corrected chi connectivity index (χ4v) is 0.307. The summed E-state index contributed by atoms with van der Waals surface area (Å²) in [6, 6.07) is 0. The van der Waals surface area contributed by atoms with Crippen molar-refractivity contribution in [3.63, 3.8) is 0 Å². The van der Waals surface area contributed by atoms with Gasteiger partial charge < -0.3 is 5.11 Å². The topological polar surface area (TPSA) is 37.3 Å². The van der Waals surface area contributed by atoms with Crippen LogP contribution in [0.2, 0.25) is 0 Å². The number of carbonyl (C=O) groups is 1. The predicted octanol–water partition coefficient (Wildman–Crippen LogP) is 1.58. The standard InChI is InChI=1S/C5H5F3O2/c1-3(4(9)10)2-5(6,7)8/h2H,1H3,(H,9,10). The molecule has 0 saturated heterocycles. The van der Waals surface area contributed by atoms with Gasteiger partial charge in [0, 0.05) is 11.6 Å². The highest BCUT2D eigenvalue weighted by Gasteiger charge is 2.24. The number of hydrogen-bond acceptors (Lipinski definition) is 1. The van der Waals surface area contributed by atoms with Crippen molar-refractivity contribution in [2.75, 3.05) is 0 Å². The van der Waals surface area contributed by atoms with E-state index in [2.05, 4.69) is 0 Å². The SMILES string of the molecule is CC(=CC(F)(F)F)C(=O)O. The van der Waals surface area contributed by atoms with Crippen LogP contribution in [0.1, 0.15) is 6.92 Å². The summed E-state index contributed by atoms with van der Waals surface area (Å²) in [4.78, 5) is 9.81. The molecule has 58 valence electrons. The second-order valence-corrected chi connectivity index (χ2v) is 1.67. The minimum absolute atomic E-state index is 0.255. The van der Waals surface area contributed by atoms with Crippen LogP contribution in [0.25, 0.3) is 0 Å². The molecule has 0 saturated carbocycles. The molecule has 0 unspecified atom stereocenters. The van der Waals surface area contributed by atoms with E-state index in [1.54, 1.807) is 0 Å². The van der Waals surface area contributed by atoms with Gasteiger partial charge in [0.05, 0.1) is 0 Å². The molecule has 0 aliphatic carbocycles. The summed E-state index contributed by atoms with van der Waals surface area (Å²) >= 11 is 0. The van der Waals surface area contributed by atoms with Crippen LogP contribution in [0.15, 0.2) is 11.6 Å². The van der Waals surface area contributed by atoms with E-state index in [0.717, 1.165) is 6.92 Å². The zero-order valence-corrected chi connectivity index (χ0v) is 5.07. The van der Waals surface area contributed by atoms with E-state index in [4.69, 9.17) is 5.11 Å². The molecule has 0 spiro atoms. The molecule has 0 aliphatic heterocycles. The van der Waals surface area contributed by atoms with Crippen LogP contribution in [0.5, 0.6) is 0 Å². The number of halogens is 3. The zero-order valence-electron chi connectivity index (χ0n) is 5.07. The summed E-state index contributed by atoms with van der Waals surface area (Å²) in [7, 11) is 0. The number of hydrogen-bond donors (Lipinski definition) is 1. The van der Waals surface area contributed by atoms with E-state index in [1.807, 2.05) is 0 Å². The number of aliphatic carboxylic acids is 1. The van der Waals surface area contributed by atoms with Crippen LogP contribution in [-0.4, -0.2) is 17.3 Å². The van der Waals surface area contributed by atoms with Gasteiger partial charge in [-0.25, -0.2) is 4.79 Å². The first-order chi connectivity index (χ1) is 4.33. The van der Waals surface area contributed by atoms with Crippen molar-refractivity contribution >= 4 is 5.97 Å².